The Morgan fingerprint density at radius 1 is 1.19 bits per heavy atom. The third-order valence-corrected chi connectivity index (χ3v) is 6.78. The average Bonchev–Trinajstić information content (AvgIpc) is 3.19. The molecule has 2 heterocycles. The van der Waals surface area contributed by atoms with Gasteiger partial charge in [0, 0.05) is 17.8 Å². The number of para-hydroxylation sites is 1. The topological polar surface area (TPSA) is 112 Å². The number of methoxy groups -OCH3 is 1. The Hall–Kier alpha value is -3.37. The maximum absolute atomic E-state index is 13.3. The van der Waals surface area contributed by atoms with Crippen molar-refractivity contribution in [1.82, 2.24) is 10.2 Å². The van der Waals surface area contributed by atoms with Crippen LogP contribution in [0.3, 0.4) is 0 Å². The minimum Gasteiger partial charge on any atom is -0.495 e. The molecule has 0 bridgehead atoms. The van der Waals surface area contributed by atoms with Gasteiger partial charge in [-0.05, 0) is 36.8 Å². The molecule has 0 saturated heterocycles. The summed E-state index contributed by atoms with van der Waals surface area (Å²) < 4.78 is 5.13. The van der Waals surface area contributed by atoms with E-state index in [1.54, 1.807) is 18.2 Å². The number of unbranched alkanes of at least 4 members (excludes halogenated alkanes) is 1. The molecule has 9 nitrogen and oxygen atoms in total. The number of thioether (sulfide) groups is 1. The molecule has 2 aromatic carbocycles. The normalized spacial score (nSPS) is 16.0. The van der Waals surface area contributed by atoms with Crippen LogP contribution in [0, 0.1) is 0 Å². The summed E-state index contributed by atoms with van der Waals surface area (Å²) in [4.78, 5) is 48.9. The van der Waals surface area contributed by atoms with Crippen molar-refractivity contribution in [2.24, 2.45) is 9.98 Å². The zero-order chi connectivity index (χ0) is 25.7. The van der Waals surface area contributed by atoms with E-state index >= 15 is 0 Å². The minimum absolute atomic E-state index is 0.00385. The summed E-state index contributed by atoms with van der Waals surface area (Å²) in [6.45, 7) is 2.61. The molecule has 2 N–H and O–H groups in total. The van der Waals surface area contributed by atoms with Crippen LogP contribution in [-0.2, 0) is 14.4 Å². The molecule has 11 heteroatoms. The summed E-state index contributed by atoms with van der Waals surface area (Å²) >= 11 is 7.26. The second kappa shape index (κ2) is 11.6. The molecule has 0 fully saturated rings. The SMILES string of the molecule is CCCCNC(=O)CC1N=C2c3ccccc3N=C(SCC(=O)Nc3ccc(OC)c(Cl)c3)N2C1=O. The molecule has 0 aromatic heterocycles. The Balaban J connectivity index is 1.47. The number of aliphatic imine (C=N–C) groups is 2. The van der Waals surface area contributed by atoms with Gasteiger partial charge in [0.1, 0.15) is 17.6 Å². The average molecular weight is 528 g/mol. The van der Waals surface area contributed by atoms with Gasteiger partial charge in [-0.15, -0.1) is 0 Å². The first-order valence-electron chi connectivity index (χ1n) is 11.5. The number of fused-ring (bicyclic) bond motifs is 3. The molecule has 0 radical (unpaired) electrons. The number of nitrogens with zero attached hydrogens (tertiary/aromatic N) is 3. The molecule has 36 heavy (non-hydrogen) atoms. The largest absolute Gasteiger partial charge is 0.495 e. The summed E-state index contributed by atoms with van der Waals surface area (Å²) in [5.41, 5.74) is 1.88. The van der Waals surface area contributed by atoms with Gasteiger partial charge in [0.05, 0.1) is 30.0 Å². The molecule has 1 atom stereocenters. The number of anilines is 1. The molecular formula is C25H26ClN5O4S. The van der Waals surface area contributed by atoms with Gasteiger partial charge in [-0.2, -0.15) is 0 Å². The van der Waals surface area contributed by atoms with Crippen molar-refractivity contribution in [2.45, 2.75) is 32.2 Å². The third kappa shape index (κ3) is 5.71. The van der Waals surface area contributed by atoms with E-state index in [0.717, 1.165) is 24.6 Å². The van der Waals surface area contributed by atoms with Crippen molar-refractivity contribution >= 4 is 63.5 Å². The second-order valence-electron chi connectivity index (χ2n) is 8.15. The highest BCUT2D eigenvalue weighted by Gasteiger charge is 2.42. The van der Waals surface area contributed by atoms with Crippen molar-refractivity contribution < 1.29 is 19.1 Å². The molecule has 2 aromatic rings. The Kier molecular flexibility index (Phi) is 8.27. The number of ether oxygens (including phenoxy) is 1. The highest BCUT2D eigenvalue weighted by Crippen LogP contribution is 2.34. The second-order valence-corrected chi connectivity index (χ2v) is 9.50. The van der Waals surface area contributed by atoms with Crippen molar-refractivity contribution in [3.05, 3.63) is 53.1 Å². The van der Waals surface area contributed by atoms with Crippen LogP contribution in [0.25, 0.3) is 0 Å². The molecule has 3 amide bonds. The van der Waals surface area contributed by atoms with Gasteiger partial charge in [-0.1, -0.05) is 48.8 Å². The van der Waals surface area contributed by atoms with Gasteiger partial charge < -0.3 is 15.4 Å². The highest BCUT2D eigenvalue weighted by atomic mass is 35.5. The molecule has 4 rings (SSSR count). The lowest BCUT2D eigenvalue weighted by Gasteiger charge is -2.25. The maximum Gasteiger partial charge on any atom is 0.259 e. The van der Waals surface area contributed by atoms with Gasteiger partial charge in [-0.3, -0.25) is 19.4 Å². The molecule has 0 spiro atoms. The van der Waals surface area contributed by atoms with Crippen LogP contribution in [0.4, 0.5) is 11.4 Å². The zero-order valence-corrected chi connectivity index (χ0v) is 21.5. The number of hydrogen-bond acceptors (Lipinski definition) is 7. The Labute approximate surface area is 218 Å². The standard InChI is InChI=1S/C25H26ClN5O4S/c1-3-4-11-27-21(32)13-19-24(34)31-23(29-19)16-7-5-6-8-18(16)30-25(31)36-14-22(33)28-15-9-10-20(35-2)17(26)12-15/h5-10,12,19H,3-4,11,13-14H2,1-2H3,(H,27,32)(H,28,33). The molecule has 1 unspecified atom stereocenters. The number of benzene rings is 2. The maximum atomic E-state index is 13.3. The van der Waals surface area contributed by atoms with E-state index in [1.165, 1.54) is 12.0 Å². The van der Waals surface area contributed by atoms with Crippen LogP contribution in [0.5, 0.6) is 5.75 Å². The first-order chi connectivity index (χ1) is 17.4. The van der Waals surface area contributed by atoms with E-state index < -0.39 is 6.04 Å². The van der Waals surface area contributed by atoms with Crippen LogP contribution in [-0.4, -0.2) is 59.1 Å². The summed E-state index contributed by atoms with van der Waals surface area (Å²) in [6.07, 6.45) is 1.80. The van der Waals surface area contributed by atoms with E-state index in [0.29, 0.717) is 45.3 Å². The molecule has 0 saturated carbocycles. The van der Waals surface area contributed by atoms with Crippen molar-refractivity contribution in [3.63, 3.8) is 0 Å². The van der Waals surface area contributed by atoms with E-state index in [9.17, 15) is 14.4 Å². The van der Waals surface area contributed by atoms with Crippen molar-refractivity contribution in [2.75, 3.05) is 24.7 Å². The first-order valence-corrected chi connectivity index (χ1v) is 12.9. The number of amidine groups is 2. The Bertz CT molecular complexity index is 1250. The molecule has 0 aliphatic carbocycles. The van der Waals surface area contributed by atoms with Crippen LogP contribution in [0.1, 0.15) is 31.7 Å². The summed E-state index contributed by atoms with van der Waals surface area (Å²) in [5, 5.41) is 6.34. The van der Waals surface area contributed by atoms with Crippen molar-refractivity contribution in [3.8, 4) is 5.75 Å². The predicted molar refractivity (Wildman–Crippen MR) is 142 cm³/mol. The number of nitrogens with one attached hydrogen (secondary N) is 2. The fraction of sp³-hybridized carbons (Fsp3) is 0.320. The Morgan fingerprint density at radius 3 is 2.75 bits per heavy atom. The monoisotopic (exact) mass is 527 g/mol. The fourth-order valence-electron chi connectivity index (χ4n) is 3.76. The lowest BCUT2D eigenvalue weighted by atomic mass is 10.1. The summed E-state index contributed by atoms with van der Waals surface area (Å²) in [7, 11) is 1.51. The number of rotatable bonds is 9. The van der Waals surface area contributed by atoms with Crippen LogP contribution in [0.15, 0.2) is 52.4 Å². The van der Waals surface area contributed by atoms with Gasteiger partial charge in [0.15, 0.2) is 5.17 Å². The van der Waals surface area contributed by atoms with Gasteiger partial charge in [0.25, 0.3) is 5.91 Å². The Morgan fingerprint density at radius 2 is 2.00 bits per heavy atom. The summed E-state index contributed by atoms with van der Waals surface area (Å²) in [6, 6.07) is 11.5. The van der Waals surface area contributed by atoms with Crippen LogP contribution in [0.2, 0.25) is 5.02 Å². The van der Waals surface area contributed by atoms with Gasteiger partial charge in [0.2, 0.25) is 11.8 Å². The summed E-state index contributed by atoms with van der Waals surface area (Å²) in [5.74, 6) is 0.111. The number of carbonyl (C=O) groups excluding carboxylic acids is 3. The van der Waals surface area contributed by atoms with E-state index in [1.807, 2.05) is 31.2 Å². The third-order valence-electron chi connectivity index (χ3n) is 5.55. The lowest BCUT2D eigenvalue weighted by molar-refractivity contribution is -0.128. The van der Waals surface area contributed by atoms with E-state index in [-0.39, 0.29) is 29.9 Å². The number of hydrogen-bond donors (Lipinski definition) is 2. The molecule has 188 valence electrons. The predicted octanol–water partition coefficient (Wildman–Crippen LogP) is 3.99. The van der Waals surface area contributed by atoms with E-state index in [2.05, 4.69) is 20.6 Å². The first kappa shape index (κ1) is 25.7. The van der Waals surface area contributed by atoms with E-state index in [4.69, 9.17) is 16.3 Å². The number of halogens is 1. The minimum atomic E-state index is -0.839. The smallest absolute Gasteiger partial charge is 0.259 e. The highest BCUT2D eigenvalue weighted by molar-refractivity contribution is 8.14. The lowest BCUT2D eigenvalue weighted by Crippen LogP contribution is -2.42. The number of carbonyl (C=O) groups is 3. The molecule has 2 aliphatic heterocycles. The molecular weight excluding hydrogens is 502 g/mol. The zero-order valence-electron chi connectivity index (χ0n) is 19.9. The quantitative estimate of drug-likeness (QED) is 0.479. The van der Waals surface area contributed by atoms with Crippen molar-refractivity contribution in [1.29, 1.82) is 0 Å². The fourth-order valence-corrected chi connectivity index (χ4v) is 4.81. The van der Waals surface area contributed by atoms with Gasteiger partial charge >= 0.3 is 0 Å². The van der Waals surface area contributed by atoms with Crippen LogP contribution >= 0.6 is 23.4 Å². The van der Waals surface area contributed by atoms with Crippen LogP contribution < -0.4 is 15.4 Å². The number of amides is 3. The molecule has 2 aliphatic rings. The van der Waals surface area contributed by atoms with Gasteiger partial charge in [-0.25, -0.2) is 9.89 Å².